The molecule has 0 amide bonds. The van der Waals surface area contributed by atoms with Gasteiger partial charge in [-0.2, -0.15) is 14.0 Å². The standard InChI is InChI=1S/C17H22BrNO4.ClHO4/c1-6-22-16(20)12-10-19(17(2,3)4)23-15(12)11-7-8-13(18)14(9-11)21-5;2-1(3,4)5/h7-9H,6,10H2,1-5H3;(H,2,3,4,5). The van der Waals surface area contributed by atoms with E-state index in [-0.39, 0.29) is 11.5 Å². The van der Waals surface area contributed by atoms with Crippen LogP contribution in [0.5, 0.6) is 5.75 Å². The summed E-state index contributed by atoms with van der Waals surface area (Å²) >= 11 is 3.43. The van der Waals surface area contributed by atoms with Crippen molar-refractivity contribution < 1.29 is 48.0 Å². The van der Waals surface area contributed by atoms with Gasteiger partial charge in [-0.25, -0.2) is 4.79 Å². The van der Waals surface area contributed by atoms with Crippen LogP contribution in [0.4, 0.5) is 0 Å². The third kappa shape index (κ3) is 7.55. The Balaban J connectivity index is 0.000000696. The minimum absolute atomic E-state index is 0.237. The fraction of sp³-hybridized carbons (Fsp3) is 0.471. The van der Waals surface area contributed by atoms with Crippen molar-refractivity contribution in [1.82, 2.24) is 5.06 Å². The molecule has 0 aliphatic carbocycles. The second-order valence-corrected chi connectivity index (χ2v) is 8.22. The van der Waals surface area contributed by atoms with Crippen molar-refractivity contribution in [1.29, 1.82) is 0 Å². The Morgan fingerprint density at radius 3 is 2.39 bits per heavy atom. The van der Waals surface area contributed by atoms with Crippen LogP contribution in [0.15, 0.2) is 28.2 Å². The zero-order valence-electron chi connectivity index (χ0n) is 16.2. The zero-order valence-corrected chi connectivity index (χ0v) is 18.5. The first-order valence-electron chi connectivity index (χ1n) is 8.11. The van der Waals surface area contributed by atoms with E-state index in [2.05, 4.69) is 15.9 Å². The van der Waals surface area contributed by atoms with Crippen LogP contribution in [-0.2, 0) is 14.4 Å². The van der Waals surface area contributed by atoms with Gasteiger partial charge >= 0.3 is 5.97 Å². The molecular formula is C17H23BrClNO8. The van der Waals surface area contributed by atoms with Crippen molar-refractivity contribution in [2.24, 2.45) is 0 Å². The molecule has 0 saturated heterocycles. The van der Waals surface area contributed by atoms with Crippen LogP contribution >= 0.6 is 15.9 Å². The number of hydrogen-bond donors (Lipinski definition) is 1. The van der Waals surface area contributed by atoms with Crippen molar-refractivity contribution in [3.8, 4) is 5.75 Å². The maximum atomic E-state index is 12.3. The molecule has 28 heavy (non-hydrogen) atoms. The summed E-state index contributed by atoms with van der Waals surface area (Å²) < 4.78 is 44.1. The van der Waals surface area contributed by atoms with Gasteiger partial charge in [-0.15, -0.1) is 5.06 Å². The minimum Gasteiger partial charge on any atom is -0.496 e. The number of benzene rings is 1. The molecule has 1 aromatic rings. The van der Waals surface area contributed by atoms with Gasteiger partial charge in [0, 0.05) is 11.1 Å². The average Bonchev–Trinajstić information content (AvgIpc) is 2.99. The highest BCUT2D eigenvalue weighted by atomic mass is 79.9. The van der Waals surface area contributed by atoms with E-state index in [9.17, 15) is 4.79 Å². The van der Waals surface area contributed by atoms with Crippen LogP contribution in [0, 0.1) is 10.2 Å². The topological polar surface area (TPSA) is 137 Å². The van der Waals surface area contributed by atoms with E-state index in [1.807, 2.05) is 39.0 Å². The van der Waals surface area contributed by atoms with E-state index in [0.29, 0.717) is 30.2 Å². The lowest BCUT2D eigenvalue weighted by molar-refractivity contribution is -1.92. The molecule has 1 N–H and O–H groups in total. The number of halogens is 2. The molecule has 2 rings (SSSR count). The predicted molar refractivity (Wildman–Crippen MR) is 94.0 cm³/mol. The molecular weight excluding hydrogens is 462 g/mol. The fourth-order valence-corrected chi connectivity index (χ4v) is 2.60. The SMILES string of the molecule is CCOC(=O)C1=C(c2ccc(Br)c(OC)c2)ON(C(C)(C)C)C1.[O-][Cl+3]([O-])([O-])O. The van der Waals surface area contributed by atoms with E-state index in [1.54, 1.807) is 19.1 Å². The highest BCUT2D eigenvalue weighted by molar-refractivity contribution is 9.10. The smallest absolute Gasteiger partial charge is 0.339 e. The Morgan fingerprint density at radius 1 is 1.36 bits per heavy atom. The number of nitrogens with zero attached hydrogens (tertiary/aromatic N) is 1. The molecule has 9 nitrogen and oxygen atoms in total. The van der Waals surface area contributed by atoms with E-state index in [1.165, 1.54) is 0 Å². The normalized spacial score (nSPS) is 14.9. The number of methoxy groups -OCH3 is 1. The maximum absolute atomic E-state index is 12.3. The summed E-state index contributed by atoms with van der Waals surface area (Å²) in [5.74, 6) is 0.844. The first kappa shape index (κ1) is 24.6. The molecule has 158 valence electrons. The second-order valence-electron chi connectivity index (χ2n) is 6.57. The summed E-state index contributed by atoms with van der Waals surface area (Å²) in [5.41, 5.74) is 1.06. The third-order valence-corrected chi connectivity index (χ3v) is 4.12. The lowest BCUT2D eigenvalue weighted by atomic mass is 10.1. The second kappa shape index (κ2) is 9.88. The summed E-state index contributed by atoms with van der Waals surface area (Å²) in [4.78, 5) is 18.3. The molecule has 1 heterocycles. The Labute approximate surface area is 173 Å². The Bertz CT molecular complexity index is 721. The molecule has 0 saturated carbocycles. The summed E-state index contributed by atoms with van der Waals surface area (Å²) in [6.07, 6.45) is 0. The molecule has 0 radical (unpaired) electrons. The van der Waals surface area contributed by atoms with Crippen molar-refractivity contribution in [2.45, 2.75) is 33.2 Å². The van der Waals surface area contributed by atoms with Crippen LogP contribution in [0.3, 0.4) is 0 Å². The molecule has 0 unspecified atom stereocenters. The van der Waals surface area contributed by atoms with Crippen LogP contribution in [0.1, 0.15) is 33.3 Å². The average molecular weight is 485 g/mol. The molecule has 1 aliphatic heterocycles. The van der Waals surface area contributed by atoms with Gasteiger partial charge in [-0.3, -0.25) is 0 Å². The molecule has 1 aromatic carbocycles. The van der Waals surface area contributed by atoms with Crippen molar-refractivity contribution in [3.05, 3.63) is 33.8 Å². The Kier molecular flexibility index (Phi) is 8.69. The van der Waals surface area contributed by atoms with Crippen LogP contribution in [0.25, 0.3) is 5.76 Å². The van der Waals surface area contributed by atoms with Gasteiger partial charge in [0.25, 0.3) is 0 Å². The summed E-state index contributed by atoms with van der Waals surface area (Å²) in [5, 5.41) is 1.78. The van der Waals surface area contributed by atoms with E-state index in [4.69, 9.17) is 32.9 Å². The van der Waals surface area contributed by atoms with E-state index < -0.39 is 10.2 Å². The lowest BCUT2D eigenvalue weighted by Gasteiger charge is -2.30. The number of hydrogen-bond acceptors (Lipinski definition) is 9. The van der Waals surface area contributed by atoms with Gasteiger partial charge in [0.1, 0.15) is 5.75 Å². The molecule has 11 heteroatoms. The highest BCUT2D eigenvalue weighted by Gasteiger charge is 2.36. The van der Waals surface area contributed by atoms with Gasteiger partial charge in [0.15, 0.2) is 5.76 Å². The summed E-state index contributed by atoms with van der Waals surface area (Å²) in [6.45, 7) is 8.59. The van der Waals surface area contributed by atoms with E-state index >= 15 is 0 Å². The summed E-state index contributed by atoms with van der Waals surface area (Å²) in [6, 6.07) is 5.59. The number of rotatable bonds is 4. The predicted octanol–water partition coefficient (Wildman–Crippen LogP) is -0.346. The number of carbonyl (C=O) groups excluding carboxylic acids is 1. The number of esters is 1. The Morgan fingerprint density at radius 2 is 1.93 bits per heavy atom. The first-order chi connectivity index (χ1) is 12.8. The molecule has 0 fully saturated rings. The number of ether oxygens (including phenoxy) is 2. The van der Waals surface area contributed by atoms with Gasteiger partial charge in [0.2, 0.25) is 0 Å². The third-order valence-electron chi connectivity index (χ3n) is 3.46. The molecule has 0 atom stereocenters. The fourth-order valence-electron chi connectivity index (χ4n) is 2.19. The largest absolute Gasteiger partial charge is 0.496 e. The van der Waals surface area contributed by atoms with Crippen molar-refractivity contribution in [3.63, 3.8) is 0 Å². The van der Waals surface area contributed by atoms with Gasteiger partial charge in [-0.05, 0) is 61.8 Å². The highest BCUT2D eigenvalue weighted by Crippen LogP contribution is 2.36. The first-order valence-corrected chi connectivity index (χ1v) is 10.2. The van der Waals surface area contributed by atoms with Gasteiger partial charge in [-0.1, -0.05) is 0 Å². The molecule has 0 aromatic heterocycles. The quantitative estimate of drug-likeness (QED) is 0.568. The number of hydroxylamine groups is 2. The number of carbonyl (C=O) groups is 1. The zero-order chi connectivity index (χ0) is 21.7. The van der Waals surface area contributed by atoms with E-state index in [0.717, 1.165) is 10.0 Å². The van der Waals surface area contributed by atoms with Gasteiger partial charge in [0.05, 0.1) is 45.2 Å². The molecule has 0 bridgehead atoms. The minimum atomic E-state index is -4.69. The van der Waals surface area contributed by atoms with Crippen molar-refractivity contribution in [2.75, 3.05) is 20.3 Å². The van der Waals surface area contributed by atoms with Crippen LogP contribution in [-0.4, -0.2) is 41.5 Å². The molecule has 1 aliphatic rings. The summed E-state index contributed by atoms with van der Waals surface area (Å²) in [7, 11) is -3.10. The monoisotopic (exact) mass is 483 g/mol. The van der Waals surface area contributed by atoms with Crippen LogP contribution < -0.4 is 18.7 Å². The lowest BCUT2D eigenvalue weighted by Crippen LogP contribution is -2.58. The van der Waals surface area contributed by atoms with Crippen LogP contribution in [0.2, 0.25) is 0 Å². The molecule has 0 spiro atoms. The van der Waals surface area contributed by atoms with Gasteiger partial charge < -0.3 is 14.3 Å². The Hall–Kier alpha value is -1.40. The maximum Gasteiger partial charge on any atom is 0.339 e. The van der Waals surface area contributed by atoms with Crippen molar-refractivity contribution >= 4 is 27.7 Å².